The molecule has 0 aromatic carbocycles. The van der Waals surface area contributed by atoms with Crippen LogP contribution in [-0.2, 0) is 0 Å². The molecule has 1 rings (SSSR count). The van der Waals surface area contributed by atoms with Crippen molar-refractivity contribution in [1.29, 1.82) is 0 Å². The van der Waals surface area contributed by atoms with Crippen LogP contribution >= 0.6 is 0 Å². The Kier molecular flexibility index (Phi) is 6.28. The van der Waals surface area contributed by atoms with Crippen LogP contribution < -0.4 is 0 Å². The monoisotopic (exact) mass is 231 g/mol. The molecule has 0 unspecified atom stereocenters. The Morgan fingerprint density at radius 3 is 2.44 bits per heavy atom. The molecule has 1 aliphatic rings. The maximum atomic E-state index is 9.62. The minimum Gasteiger partial charge on any atom is -0.395 e. The summed E-state index contributed by atoms with van der Waals surface area (Å²) in [5.74, 6) is 0. The van der Waals surface area contributed by atoms with Gasteiger partial charge < -0.3 is 15.3 Å². The van der Waals surface area contributed by atoms with Gasteiger partial charge in [-0.2, -0.15) is 0 Å². The summed E-state index contributed by atoms with van der Waals surface area (Å²) in [5, 5.41) is 28.3. The van der Waals surface area contributed by atoms with Gasteiger partial charge in [-0.05, 0) is 13.0 Å². The number of rotatable bonds is 7. The molecule has 1 aliphatic heterocycles. The van der Waals surface area contributed by atoms with Gasteiger partial charge in [-0.25, -0.2) is 0 Å². The van der Waals surface area contributed by atoms with Crippen molar-refractivity contribution in [3.8, 4) is 0 Å². The van der Waals surface area contributed by atoms with E-state index >= 15 is 0 Å². The van der Waals surface area contributed by atoms with Crippen LogP contribution in [0.5, 0.6) is 0 Å². The quantitative estimate of drug-likeness (QED) is 0.553. The highest BCUT2D eigenvalue weighted by Crippen LogP contribution is 2.19. The van der Waals surface area contributed by atoms with Gasteiger partial charge >= 0.3 is 0 Å². The Labute approximate surface area is 97.9 Å². The number of aliphatic hydroxyl groups is 3. The average molecular weight is 231 g/mol. The standard InChI is InChI=1S/C12H25NO3/c1-2-3-4-5-6-7-13-8-11(15)12(16)10(13)9-14/h10-12,14-16H,2-9H2,1H3/t10-,11-,12-/m1/s1. The minimum absolute atomic E-state index is 0.0762. The van der Waals surface area contributed by atoms with Crippen molar-refractivity contribution in [3.05, 3.63) is 0 Å². The molecule has 1 saturated heterocycles. The number of unbranched alkanes of at least 4 members (excludes halogenated alkanes) is 4. The highest BCUT2D eigenvalue weighted by Gasteiger charge is 2.38. The van der Waals surface area contributed by atoms with Crippen LogP contribution in [0.4, 0.5) is 0 Å². The van der Waals surface area contributed by atoms with E-state index in [0.717, 1.165) is 13.0 Å². The van der Waals surface area contributed by atoms with E-state index < -0.39 is 12.2 Å². The fourth-order valence-corrected chi connectivity index (χ4v) is 2.36. The van der Waals surface area contributed by atoms with Crippen LogP contribution in [0.25, 0.3) is 0 Å². The molecule has 0 saturated carbocycles. The van der Waals surface area contributed by atoms with Crippen LogP contribution in [0.1, 0.15) is 39.0 Å². The van der Waals surface area contributed by atoms with Crippen molar-refractivity contribution in [1.82, 2.24) is 4.90 Å². The van der Waals surface area contributed by atoms with E-state index in [4.69, 9.17) is 5.11 Å². The highest BCUT2D eigenvalue weighted by atomic mass is 16.3. The SMILES string of the molecule is CCCCCCCN1C[C@@H](O)[C@H](O)[C@H]1CO. The first kappa shape index (κ1) is 13.9. The van der Waals surface area contributed by atoms with Crippen molar-refractivity contribution in [3.63, 3.8) is 0 Å². The summed E-state index contributed by atoms with van der Waals surface area (Å²) in [5.41, 5.74) is 0. The molecular formula is C12H25NO3. The van der Waals surface area contributed by atoms with Gasteiger partial charge in [0.25, 0.3) is 0 Å². The molecule has 1 fully saturated rings. The van der Waals surface area contributed by atoms with Gasteiger partial charge in [-0.3, -0.25) is 4.90 Å². The van der Waals surface area contributed by atoms with E-state index in [1.807, 2.05) is 4.90 Å². The molecule has 0 aliphatic carbocycles. The number of hydrogen-bond acceptors (Lipinski definition) is 4. The zero-order chi connectivity index (χ0) is 12.0. The lowest BCUT2D eigenvalue weighted by Crippen LogP contribution is -2.39. The second kappa shape index (κ2) is 7.22. The Morgan fingerprint density at radius 2 is 1.81 bits per heavy atom. The third kappa shape index (κ3) is 3.70. The highest BCUT2D eigenvalue weighted by molar-refractivity contribution is 4.92. The average Bonchev–Trinajstić information content (AvgIpc) is 2.54. The van der Waals surface area contributed by atoms with Gasteiger partial charge in [0.15, 0.2) is 0 Å². The van der Waals surface area contributed by atoms with E-state index in [9.17, 15) is 10.2 Å². The van der Waals surface area contributed by atoms with Crippen molar-refractivity contribution in [2.24, 2.45) is 0 Å². The Balaban J connectivity index is 2.20. The van der Waals surface area contributed by atoms with Gasteiger partial charge in [-0.15, -0.1) is 0 Å². The molecule has 0 aromatic rings. The molecule has 0 amide bonds. The summed E-state index contributed by atoms with van der Waals surface area (Å²) in [6, 6.07) is -0.277. The fraction of sp³-hybridized carbons (Fsp3) is 1.00. The van der Waals surface area contributed by atoms with E-state index in [-0.39, 0.29) is 12.6 Å². The third-order valence-corrected chi connectivity index (χ3v) is 3.41. The lowest BCUT2D eigenvalue weighted by molar-refractivity contribution is 0.0216. The van der Waals surface area contributed by atoms with Gasteiger partial charge in [0.05, 0.1) is 24.9 Å². The first-order valence-electron chi connectivity index (χ1n) is 6.41. The smallest absolute Gasteiger partial charge is 0.0988 e. The van der Waals surface area contributed by atoms with Crippen molar-refractivity contribution in [2.75, 3.05) is 19.7 Å². The molecule has 96 valence electrons. The molecule has 4 heteroatoms. The molecule has 0 bridgehead atoms. The molecule has 1 heterocycles. The van der Waals surface area contributed by atoms with Crippen molar-refractivity contribution in [2.45, 2.75) is 57.3 Å². The first-order valence-corrected chi connectivity index (χ1v) is 6.41. The van der Waals surface area contributed by atoms with E-state index in [1.54, 1.807) is 0 Å². The topological polar surface area (TPSA) is 63.9 Å². The first-order chi connectivity index (χ1) is 7.70. The molecule has 16 heavy (non-hydrogen) atoms. The van der Waals surface area contributed by atoms with Gasteiger partial charge in [0, 0.05) is 6.54 Å². The predicted molar refractivity (Wildman–Crippen MR) is 63.2 cm³/mol. The molecule has 0 radical (unpaired) electrons. The summed E-state index contributed by atoms with van der Waals surface area (Å²) in [6.45, 7) is 3.46. The Hall–Kier alpha value is -0.160. The minimum atomic E-state index is -0.791. The number of nitrogens with zero attached hydrogens (tertiary/aromatic N) is 1. The van der Waals surface area contributed by atoms with Gasteiger partial charge in [0.2, 0.25) is 0 Å². The van der Waals surface area contributed by atoms with E-state index in [0.29, 0.717) is 6.54 Å². The second-order valence-corrected chi connectivity index (χ2v) is 4.72. The Morgan fingerprint density at radius 1 is 1.12 bits per heavy atom. The lowest BCUT2D eigenvalue weighted by Gasteiger charge is -2.23. The number of aliphatic hydroxyl groups excluding tert-OH is 3. The zero-order valence-electron chi connectivity index (χ0n) is 10.2. The summed E-state index contributed by atoms with van der Waals surface area (Å²) in [6.07, 6.45) is 4.53. The van der Waals surface area contributed by atoms with E-state index in [2.05, 4.69) is 6.92 Å². The molecule has 3 N–H and O–H groups in total. The zero-order valence-corrected chi connectivity index (χ0v) is 10.2. The molecule has 0 spiro atoms. The molecular weight excluding hydrogens is 206 g/mol. The van der Waals surface area contributed by atoms with Crippen molar-refractivity contribution >= 4 is 0 Å². The molecule has 3 atom stereocenters. The summed E-state index contributed by atoms with van der Waals surface area (Å²) >= 11 is 0. The predicted octanol–water partition coefficient (Wildman–Crippen LogP) is 0.355. The van der Waals surface area contributed by atoms with Crippen LogP contribution in [-0.4, -0.2) is 58.2 Å². The maximum Gasteiger partial charge on any atom is 0.0988 e. The summed E-state index contributed by atoms with van der Waals surface area (Å²) < 4.78 is 0. The number of β-amino-alcohol motifs (C(OH)–C–C–N with tert-alkyl or cyclic N) is 1. The van der Waals surface area contributed by atoms with E-state index in [1.165, 1.54) is 25.7 Å². The number of hydrogen-bond donors (Lipinski definition) is 3. The fourth-order valence-electron chi connectivity index (χ4n) is 2.36. The van der Waals surface area contributed by atoms with Crippen LogP contribution in [0.2, 0.25) is 0 Å². The lowest BCUT2D eigenvalue weighted by atomic mass is 10.1. The Bertz CT molecular complexity index is 189. The summed E-state index contributed by atoms with van der Waals surface area (Å²) in [7, 11) is 0. The normalized spacial score (nSPS) is 31.1. The second-order valence-electron chi connectivity index (χ2n) is 4.72. The van der Waals surface area contributed by atoms with Crippen molar-refractivity contribution < 1.29 is 15.3 Å². The van der Waals surface area contributed by atoms with Gasteiger partial charge in [0.1, 0.15) is 0 Å². The summed E-state index contributed by atoms with van der Waals surface area (Å²) in [4.78, 5) is 2.00. The van der Waals surface area contributed by atoms with Crippen LogP contribution in [0, 0.1) is 0 Å². The third-order valence-electron chi connectivity index (χ3n) is 3.41. The number of likely N-dealkylation sites (tertiary alicyclic amines) is 1. The molecule has 4 nitrogen and oxygen atoms in total. The van der Waals surface area contributed by atoms with Crippen LogP contribution in [0.15, 0.2) is 0 Å². The molecule has 0 aromatic heterocycles. The maximum absolute atomic E-state index is 9.62. The van der Waals surface area contributed by atoms with Gasteiger partial charge in [-0.1, -0.05) is 32.6 Å². The van der Waals surface area contributed by atoms with Crippen LogP contribution in [0.3, 0.4) is 0 Å². The largest absolute Gasteiger partial charge is 0.395 e.